The molecule has 2 unspecified atom stereocenters. The first-order chi connectivity index (χ1) is 14.6. The molecule has 0 saturated carbocycles. The molecule has 0 bridgehead atoms. The van der Waals surface area contributed by atoms with E-state index in [1.807, 2.05) is 30.3 Å². The molecule has 5 heteroatoms. The number of hydrogen-bond acceptors (Lipinski definition) is 3. The van der Waals surface area contributed by atoms with E-state index in [9.17, 15) is 14.0 Å². The molecule has 30 heavy (non-hydrogen) atoms. The lowest BCUT2D eigenvalue weighted by Crippen LogP contribution is -2.44. The highest BCUT2D eigenvalue weighted by atomic mass is 19.1. The number of esters is 1. The number of rotatable bonds is 4. The molecule has 0 aliphatic carbocycles. The maximum absolute atomic E-state index is 14.8. The second kappa shape index (κ2) is 8.49. The lowest BCUT2D eigenvalue weighted by Gasteiger charge is -2.39. The predicted molar refractivity (Wildman–Crippen MR) is 111 cm³/mol. The van der Waals surface area contributed by atoms with E-state index in [1.54, 1.807) is 47.4 Å². The molecule has 4 nitrogen and oxygen atoms in total. The summed E-state index contributed by atoms with van der Waals surface area (Å²) in [5.74, 6) is -1.28. The minimum absolute atomic E-state index is 0.362. The van der Waals surface area contributed by atoms with Crippen molar-refractivity contribution in [3.05, 3.63) is 107 Å². The summed E-state index contributed by atoms with van der Waals surface area (Å²) in [4.78, 5) is 27.1. The fraction of sp³-hybridized carbons (Fsp3) is 0.200. The van der Waals surface area contributed by atoms with Crippen LogP contribution >= 0.6 is 0 Å². The number of ether oxygens (including phenoxy) is 1. The van der Waals surface area contributed by atoms with E-state index >= 15 is 0 Å². The van der Waals surface area contributed by atoms with Crippen molar-refractivity contribution in [3.63, 3.8) is 0 Å². The molecule has 1 aliphatic heterocycles. The van der Waals surface area contributed by atoms with Crippen molar-refractivity contribution in [1.82, 2.24) is 4.90 Å². The highest BCUT2D eigenvalue weighted by Gasteiger charge is 2.38. The zero-order valence-electron chi connectivity index (χ0n) is 16.6. The van der Waals surface area contributed by atoms with Crippen LogP contribution in [0.3, 0.4) is 0 Å². The molecule has 2 atom stereocenters. The van der Waals surface area contributed by atoms with Gasteiger partial charge in [0.1, 0.15) is 5.82 Å². The van der Waals surface area contributed by atoms with Crippen molar-refractivity contribution in [2.75, 3.05) is 6.54 Å². The average molecular weight is 403 g/mol. The maximum atomic E-state index is 14.8. The van der Waals surface area contributed by atoms with Crippen molar-refractivity contribution >= 4 is 11.9 Å². The van der Waals surface area contributed by atoms with Crippen LogP contribution in [-0.4, -0.2) is 23.3 Å². The van der Waals surface area contributed by atoms with Crippen molar-refractivity contribution < 1.29 is 18.7 Å². The van der Waals surface area contributed by atoms with E-state index < -0.39 is 18.1 Å². The molecule has 1 aliphatic rings. The Bertz CT molecular complexity index is 1070. The smallest absolute Gasteiger partial charge is 0.303 e. The minimum Gasteiger partial charge on any atom is -0.447 e. The molecular formula is C25H22FNO3. The van der Waals surface area contributed by atoms with Gasteiger partial charge in [-0.3, -0.25) is 9.59 Å². The van der Waals surface area contributed by atoms with Gasteiger partial charge in [0.2, 0.25) is 6.10 Å². The van der Waals surface area contributed by atoms with Crippen LogP contribution in [0.1, 0.15) is 41.3 Å². The van der Waals surface area contributed by atoms with E-state index in [1.165, 1.54) is 13.0 Å². The lowest BCUT2D eigenvalue weighted by atomic mass is 9.87. The van der Waals surface area contributed by atoms with Gasteiger partial charge < -0.3 is 9.64 Å². The Hall–Kier alpha value is -3.47. The van der Waals surface area contributed by atoms with Crippen LogP contribution < -0.4 is 0 Å². The van der Waals surface area contributed by atoms with Gasteiger partial charge in [-0.2, -0.15) is 0 Å². The number of carbonyl (C=O) groups excluding carboxylic acids is 2. The Morgan fingerprint density at radius 2 is 1.57 bits per heavy atom. The Balaban J connectivity index is 1.80. The van der Waals surface area contributed by atoms with Gasteiger partial charge in [-0.15, -0.1) is 0 Å². The fourth-order valence-corrected chi connectivity index (χ4v) is 4.04. The Labute approximate surface area is 174 Å². The molecular weight excluding hydrogens is 381 g/mol. The van der Waals surface area contributed by atoms with Crippen molar-refractivity contribution in [2.45, 2.75) is 25.5 Å². The first-order valence-corrected chi connectivity index (χ1v) is 9.91. The summed E-state index contributed by atoms with van der Waals surface area (Å²) in [5.41, 5.74) is 2.98. The van der Waals surface area contributed by atoms with E-state index in [0.717, 1.165) is 11.1 Å². The Morgan fingerprint density at radius 3 is 2.27 bits per heavy atom. The van der Waals surface area contributed by atoms with Gasteiger partial charge >= 0.3 is 5.97 Å². The summed E-state index contributed by atoms with van der Waals surface area (Å²) < 4.78 is 20.2. The largest absolute Gasteiger partial charge is 0.447 e. The summed E-state index contributed by atoms with van der Waals surface area (Å²) in [6.45, 7) is 1.68. The molecule has 0 spiro atoms. The third kappa shape index (κ3) is 3.83. The van der Waals surface area contributed by atoms with Crippen LogP contribution in [0.25, 0.3) is 0 Å². The number of hydrogen-bond donors (Lipinski definition) is 0. The van der Waals surface area contributed by atoms with Crippen LogP contribution in [0.4, 0.5) is 4.39 Å². The van der Waals surface area contributed by atoms with E-state index in [0.29, 0.717) is 24.1 Å². The van der Waals surface area contributed by atoms with Crippen LogP contribution in [0.2, 0.25) is 0 Å². The lowest BCUT2D eigenvalue weighted by molar-refractivity contribution is -0.160. The van der Waals surface area contributed by atoms with E-state index in [2.05, 4.69) is 0 Å². The quantitative estimate of drug-likeness (QED) is 0.598. The second-order valence-electron chi connectivity index (χ2n) is 7.30. The zero-order chi connectivity index (χ0) is 21.1. The van der Waals surface area contributed by atoms with Gasteiger partial charge in [0.25, 0.3) is 5.91 Å². The first-order valence-electron chi connectivity index (χ1n) is 9.91. The standard InChI is InChI=1S/C25H22FNO3/c1-17(28)30-24(19-10-3-2-4-11-19)25(29)27-16-15-18-9-5-6-12-20(18)23(27)21-13-7-8-14-22(21)26/h2-14,23-24H,15-16H2,1H3. The molecule has 4 rings (SSSR count). The molecule has 1 heterocycles. The molecule has 0 aromatic heterocycles. The van der Waals surface area contributed by atoms with E-state index in [4.69, 9.17) is 4.74 Å². The Morgan fingerprint density at radius 1 is 0.933 bits per heavy atom. The SMILES string of the molecule is CC(=O)OC(C(=O)N1CCc2ccccc2C1c1ccccc1F)c1ccccc1. The number of carbonyl (C=O) groups is 2. The van der Waals surface area contributed by atoms with Crippen molar-refractivity contribution in [1.29, 1.82) is 0 Å². The van der Waals surface area contributed by atoms with E-state index in [-0.39, 0.29) is 11.7 Å². The van der Waals surface area contributed by atoms with Crippen LogP contribution in [0, 0.1) is 5.82 Å². The third-order valence-corrected chi connectivity index (χ3v) is 5.38. The van der Waals surface area contributed by atoms with Crippen molar-refractivity contribution in [3.8, 4) is 0 Å². The van der Waals surface area contributed by atoms with Gasteiger partial charge in [0, 0.05) is 24.6 Å². The number of benzene rings is 3. The minimum atomic E-state index is -1.08. The van der Waals surface area contributed by atoms with Crippen LogP contribution in [0.5, 0.6) is 0 Å². The molecule has 0 N–H and O–H groups in total. The summed E-state index contributed by atoms with van der Waals surface area (Å²) in [7, 11) is 0. The normalized spacial score (nSPS) is 16.5. The fourth-order valence-electron chi connectivity index (χ4n) is 4.04. The number of halogens is 1. The summed E-state index contributed by atoms with van der Waals surface area (Å²) in [6.07, 6.45) is -0.433. The number of amides is 1. The van der Waals surface area contributed by atoms with Gasteiger partial charge in [-0.25, -0.2) is 4.39 Å². The predicted octanol–water partition coefficient (Wildman–Crippen LogP) is 4.60. The molecule has 0 saturated heterocycles. The van der Waals surface area contributed by atoms with Gasteiger partial charge in [-0.1, -0.05) is 72.8 Å². The monoisotopic (exact) mass is 403 g/mol. The van der Waals surface area contributed by atoms with Gasteiger partial charge in [-0.05, 0) is 23.6 Å². The molecule has 3 aromatic rings. The molecule has 0 radical (unpaired) electrons. The first kappa shape index (κ1) is 19.8. The van der Waals surface area contributed by atoms with Gasteiger partial charge in [0.05, 0.1) is 6.04 Å². The summed E-state index contributed by atoms with van der Waals surface area (Å²) in [6, 6.07) is 22.6. The highest BCUT2D eigenvalue weighted by Crippen LogP contribution is 2.38. The van der Waals surface area contributed by atoms with Gasteiger partial charge in [0.15, 0.2) is 0 Å². The van der Waals surface area contributed by atoms with Crippen LogP contribution in [0.15, 0.2) is 78.9 Å². The zero-order valence-corrected chi connectivity index (χ0v) is 16.6. The molecule has 1 amide bonds. The second-order valence-corrected chi connectivity index (χ2v) is 7.30. The number of nitrogens with zero attached hydrogens (tertiary/aromatic N) is 1. The molecule has 152 valence electrons. The topological polar surface area (TPSA) is 46.6 Å². The third-order valence-electron chi connectivity index (χ3n) is 5.38. The average Bonchev–Trinajstić information content (AvgIpc) is 2.77. The summed E-state index contributed by atoms with van der Waals surface area (Å²) in [5, 5.41) is 0. The number of fused-ring (bicyclic) bond motifs is 1. The summed E-state index contributed by atoms with van der Waals surface area (Å²) >= 11 is 0. The van der Waals surface area contributed by atoms with Crippen LogP contribution in [-0.2, 0) is 20.7 Å². The molecule has 0 fully saturated rings. The maximum Gasteiger partial charge on any atom is 0.303 e. The highest BCUT2D eigenvalue weighted by molar-refractivity contribution is 5.85. The Kier molecular flexibility index (Phi) is 5.61. The molecule has 3 aromatic carbocycles. The van der Waals surface area contributed by atoms with Crippen molar-refractivity contribution in [2.24, 2.45) is 0 Å².